The van der Waals surface area contributed by atoms with Crippen LogP contribution in [0, 0.1) is 12.3 Å². The van der Waals surface area contributed by atoms with Crippen molar-refractivity contribution in [2.75, 3.05) is 6.61 Å². The van der Waals surface area contributed by atoms with Crippen LogP contribution < -0.4 is 4.74 Å². The van der Waals surface area contributed by atoms with Gasteiger partial charge >= 0.3 is 5.97 Å². The number of benzene rings is 2. The standard InChI is InChI=1S/C17H12Cl2O3/c1-2-9-21-17(20)12-7-8-16(15(19)10-12)22-11-13-5-3-4-6-14(13)18/h1,3-8,10H,9,11H2. The SMILES string of the molecule is C#CCOC(=O)c1ccc(OCc2ccccc2Cl)c(Cl)c1. The van der Waals surface area contributed by atoms with Crippen molar-refractivity contribution in [3.63, 3.8) is 0 Å². The molecule has 0 saturated carbocycles. The molecule has 2 rings (SSSR count). The van der Waals surface area contributed by atoms with Crippen molar-refractivity contribution in [2.45, 2.75) is 6.61 Å². The highest BCUT2D eigenvalue weighted by atomic mass is 35.5. The van der Waals surface area contributed by atoms with Gasteiger partial charge in [-0.2, -0.15) is 0 Å². The molecule has 22 heavy (non-hydrogen) atoms. The lowest BCUT2D eigenvalue weighted by Crippen LogP contribution is -2.05. The molecule has 3 nitrogen and oxygen atoms in total. The average Bonchev–Trinajstić information content (AvgIpc) is 2.52. The van der Waals surface area contributed by atoms with Crippen LogP contribution in [0.15, 0.2) is 42.5 Å². The first-order valence-electron chi connectivity index (χ1n) is 6.38. The number of carbonyl (C=O) groups excluding carboxylic acids is 1. The Bertz CT molecular complexity index is 720. The normalized spacial score (nSPS) is 9.86. The third kappa shape index (κ3) is 4.17. The van der Waals surface area contributed by atoms with Crippen molar-refractivity contribution in [1.29, 1.82) is 0 Å². The number of terminal acetylenes is 1. The Morgan fingerprint density at radius 1 is 1.14 bits per heavy atom. The summed E-state index contributed by atoms with van der Waals surface area (Å²) in [5, 5.41) is 0.926. The number of rotatable bonds is 5. The summed E-state index contributed by atoms with van der Waals surface area (Å²) in [4.78, 5) is 11.7. The maximum Gasteiger partial charge on any atom is 0.339 e. The average molecular weight is 335 g/mol. The maximum atomic E-state index is 11.7. The number of carbonyl (C=O) groups is 1. The van der Waals surface area contributed by atoms with Crippen molar-refractivity contribution in [1.82, 2.24) is 0 Å². The van der Waals surface area contributed by atoms with E-state index >= 15 is 0 Å². The molecule has 112 valence electrons. The van der Waals surface area contributed by atoms with Gasteiger partial charge in [-0.25, -0.2) is 4.79 Å². The Hall–Kier alpha value is -2.15. The molecule has 0 unspecified atom stereocenters. The van der Waals surface area contributed by atoms with E-state index in [-0.39, 0.29) is 13.2 Å². The van der Waals surface area contributed by atoms with Crippen LogP contribution in [0.4, 0.5) is 0 Å². The Labute approximate surface area is 138 Å². The van der Waals surface area contributed by atoms with Gasteiger partial charge in [0.1, 0.15) is 12.4 Å². The van der Waals surface area contributed by atoms with Gasteiger partial charge in [0, 0.05) is 10.6 Å². The van der Waals surface area contributed by atoms with Crippen LogP contribution in [0.1, 0.15) is 15.9 Å². The zero-order chi connectivity index (χ0) is 15.9. The molecule has 5 heteroatoms. The molecule has 0 amide bonds. The van der Waals surface area contributed by atoms with Gasteiger partial charge < -0.3 is 9.47 Å². The molecule has 0 spiro atoms. The van der Waals surface area contributed by atoms with Crippen molar-refractivity contribution in [2.24, 2.45) is 0 Å². The van der Waals surface area contributed by atoms with Crippen LogP contribution in [0.3, 0.4) is 0 Å². The molecule has 0 aliphatic carbocycles. The summed E-state index contributed by atoms with van der Waals surface area (Å²) in [6.07, 6.45) is 5.03. The fraction of sp³-hybridized carbons (Fsp3) is 0.118. The molecular formula is C17H12Cl2O3. The molecule has 0 aliphatic rings. The summed E-state index contributed by atoms with van der Waals surface area (Å²) in [5.74, 6) is 2.15. The second-order valence-corrected chi connectivity index (χ2v) is 5.12. The monoisotopic (exact) mass is 334 g/mol. The van der Waals surface area contributed by atoms with Crippen LogP contribution in [0.2, 0.25) is 10.0 Å². The van der Waals surface area contributed by atoms with E-state index in [1.165, 1.54) is 6.07 Å². The van der Waals surface area contributed by atoms with Gasteiger partial charge in [-0.15, -0.1) is 6.42 Å². The zero-order valence-corrected chi connectivity index (χ0v) is 13.0. The Morgan fingerprint density at radius 2 is 1.91 bits per heavy atom. The molecule has 0 bridgehead atoms. The summed E-state index contributed by atoms with van der Waals surface area (Å²) in [5.41, 5.74) is 1.16. The van der Waals surface area contributed by atoms with Crippen molar-refractivity contribution < 1.29 is 14.3 Å². The lowest BCUT2D eigenvalue weighted by atomic mass is 10.2. The first-order valence-corrected chi connectivity index (χ1v) is 7.13. The predicted molar refractivity (Wildman–Crippen MR) is 86.4 cm³/mol. The Balaban J connectivity index is 2.06. The van der Waals surface area contributed by atoms with Crippen LogP contribution in [-0.2, 0) is 11.3 Å². The van der Waals surface area contributed by atoms with Gasteiger partial charge in [-0.3, -0.25) is 0 Å². The second-order valence-electron chi connectivity index (χ2n) is 4.31. The quantitative estimate of drug-likeness (QED) is 0.601. The molecule has 0 aliphatic heterocycles. The Kier molecular flexibility index (Phi) is 5.71. The fourth-order valence-corrected chi connectivity index (χ4v) is 2.13. The maximum absolute atomic E-state index is 11.7. The van der Waals surface area contributed by atoms with Crippen molar-refractivity contribution in [3.05, 3.63) is 63.6 Å². The molecule has 0 atom stereocenters. The van der Waals surface area contributed by atoms with Crippen molar-refractivity contribution >= 4 is 29.2 Å². The fourth-order valence-electron chi connectivity index (χ4n) is 1.71. The van der Waals surface area contributed by atoms with Gasteiger partial charge in [0.25, 0.3) is 0 Å². The summed E-state index contributed by atoms with van der Waals surface area (Å²) in [7, 11) is 0. The summed E-state index contributed by atoms with van der Waals surface area (Å²) < 4.78 is 10.4. The van der Waals surface area contributed by atoms with Gasteiger partial charge in [0.05, 0.1) is 10.6 Å². The molecular weight excluding hydrogens is 323 g/mol. The molecule has 0 radical (unpaired) electrons. The molecule has 0 aromatic heterocycles. The van der Waals surface area contributed by atoms with Crippen LogP contribution >= 0.6 is 23.2 Å². The van der Waals surface area contributed by atoms with Gasteiger partial charge in [-0.05, 0) is 24.3 Å². The molecule has 0 saturated heterocycles. The molecule has 0 fully saturated rings. The van der Waals surface area contributed by atoms with Crippen LogP contribution in [0.5, 0.6) is 5.75 Å². The van der Waals surface area contributed by atoms with E-state index in [4.69, 9.17) is 39.1 Å². The minimum Gasteiger partial charge on any atom is -0.487 e. The first kappa shape index (κ1) is 16.2. The highest BCUT2D eigenvalue weighted by molar-refractivity contribution is 6.32. The number of ether oxygens (including phenoxy) is 2. The predicted octanol–water partition coefficient (Wildman–Crippen LogP) is 4.36. The van der Waals surface area contributed by atoms with Gasteiger partial charge in [0.15, 0.2) is 6.61 Å². The zero-order valence-electron chi connectivity index (χ0n) is 11.5. The number of hydrogen-bond acceptors (Lipinski definition) is 3. The molecule has 2 aromatic rings. The minimum absolute atomic E-state index is 0.0821. The molecule has 2 aromatic carbocycles. The highest BCUT2D eigenvalue weighted by Crippen LogP contribution is 2.27. The van der Waals surface area contributed by atoms with E-state index in [1.807, 2.05) is 18.2 Å². The van der Waals surface area contributed by atoms with Crippen LogP contribution in [-0.4, -0.2) is 12.6 Å². The van der Waals surface area contributed by atoms with E-state index in [9.17, 15) is 4.79 Å². The third-order valence-electron chi connectivity index (χ3n) is 2.80. The smallest absolute Gasteiger partial charge is 0.339 e. The van der Waals surface area contributed by atoms with Gasteiger partial charge in [-0.1, -0.05) is 47.3 Å². The number of halogens is 2. The summed E-state index contributed by atoms with van der Waals surface area (Å²) in [6.45, 7) is 0.196. The topological polar surface area (TPSA) is 35.5 Å². The van der Waals surface area contributed by atoms with E-state index in [0.717, 1.165) is 5.56 Å². The van der Waals surface area contributed by atoms with Crippen LogP contribution in [0.25, 0.3) is 0 Å². The highest BCUT2D eigenvalue weighted by Gasteiger charge is 2.11. The van der Waals surface area contributed by atoms with E-state index in [0.29, 0.717) is 21.4 Å². The Morgan fingerprint density at radius 3 is 2.59 bits per heavy atom. The minimum atomic E-state index is -0.530. The molecule has 0 N–H and O–H groups in total. The summed E-state index contributed by atoms with van der Waals surface area (Å²) in [6, 6.07) is 12.0. The van der Waals surface area contributed by atoms with E-state index in [1.54, 1.807) is 18.2 Å². The second kappa shape index (κ2) is 7.74. The third-order valence-corrected chi connectivity index (χ3v) is 3.46. The van der Waals surface area contributed by atoms with Gasteiger partial charge in [0.2, 0.25) is 0 Å². The lowest BCUT2D eigenvalue weighted by Gasteiger charge is -2.10. The van der Waals surface area contributed by atoms with E-state index in [2.05, 4.69) is 5.92 Å². The first-order chi connectivity index (χ1) is 10.6. The van der Waals surface area contributed by atoms with Crippen molar-refractivity contribution in [3.8, 4) is 18.1 Å². The number of hydrogen-bond donors (Lipinski definition) is 0. The summed E-state index contributed by atoms with van der Waals surface area (Å²) >= 11 is 12.2. The molecule has 0 heterocycles. The van der Waals surface area contributed by atoms with E-state index < -0.39 is 5.97 Å². The number of esters is 1. The lowest BCUT2D eigenvalue weighted by molar-refractivity contribution is 0.0556. The largest absolute Gasteiger partial charge is 0.487 e.